The lowest BCUT2D eigenvalue weighted by molar-refractivity contribution is 0.0687. The van der Waals surface area contributed by atoms with E-state index in [0.29, 0.717) is 37.2 Å². The van der Waals surface area contributed by atoms with Crippen LogP contribution >= 0.6 is 0 Å². The summed E-state index contributed by atoms with van der Waals surface area (Å²) in [6, 6.07) is 22.7. The number of carbonyl (C=O) groups is 1. The fraction of sp³-hybridized carbons (Fsp3) is 0.240. The number of para-hydroxylation sites is 1. The van der Waals surface area contributed by atoms with Crippen molar-refractivity contribution >= 4 is 5.91 Å². The topological polar surface area (TPSA) is 75.3 Å². The summed E-state index contributed by atoms with van der Waals surface area (Å²) in [4.78, 5) is 27.6. The van der Waals surface area contributed by atoms with Crippen molar-refractivity contribution in [2.45, 2.75) is 18.3 Å². The highest BCUT2D eigenvalue weighted by molar-refractivity contribution is 5.96. The second-order valence-corrected chi connectivity index (χ2v) is 7.65. The second-order valence-electron chi connectivity index (χ2n) is 7.65. The summed E-state index contributed by atoms with van der Waals surface area (Å²) in [5.41, 5.74) is 1.13. The maximum Gasteiger partial charge on any atom is 0.259 e. The molecule has 156 valence electrons. The number of ether oxygens (including phenoxy) is 1. The van der Waals surface area contributed by atoms with E-state index in [1.54, 1.807) is 11.1 Å². The summed E-state index contributed by atoms with van der Waals surface area (Å²) in [5, 5.41) is 9.90. The minimum Gasteiger partial charge on any atom is -0.496 e. The van der Waals surface area contributed by atoms with Gasteiger partial charge in [0.05, 0.1) is 24.2 Å². The van der Waals surface area contributed by atoms with Gasteiger partial charge in [-0.05, 0) is 30.5 Å². The number of benzene rings is 2. The molecule has 0 atom stereocenters. The van der Waals surface area contributed by atoms with Crippen molar-refractivity contribution in [3.8, 4) is 17.5 Å². The van der Waals surface area contributed by atoms with E-state index in [4.69, 9.17) is 4.74 Å². The number of hydrogen-bond donors (Lipinski definition) is 0. The van der Waals surface area contributed by atoms with E-state index >= 15 is 0 Å². The average molecular weight is 413 g/mol. The molecule has 0 radical (unpaired) electrons. The van der Waals surface area contributed by atoms with E-state index in [1.807, 2.05) is 60.7 Å². The Kier molecular flexibility index (Phi) is 5.59. The largest absolute Gasteiger partial charge is 0.496 e. The molecule has 2 aromatic carbocycles. The molecule has 1 aromatic heterocycles. The third-order valence-electron chi connectivity index (χ3n) is 5.94. The highest BCUT2D eigenvalue weighted by atomic mass is 16.5. The smallest absolute Gasteiger partial charge is 0.259 e. The van der Waals surface area contributed by atoms with Gasteiger partial charge in [-0.3, -0.25) is 14.2 Å². The highest BCUT2D eigenvalue weighted by Crippen LogP contribution is 2.35. The van der Waals surface area contributed by atoms with Gasteiger partial charge in [-0.15, -0.1) is 0 Å². The molecule has 1 aliphatic heterocycles. The molecule has 1 amide bonds. The first kappa shape index (κ1) is 20.4. The lowest BCUT2D eigenvalue weighted by atomic mass is 9.74. The molecular formula is C25H23N3O3. The maximum atomic E-state index is 13.4. The van der Waals surface area contributed by atoms with Crippen LogP contribution in [0.3, 0.4) is 0 Å². The number of aromatic nitrogens is 1. The molecule has 2 heterocycles. The normalized spacial score (nSPS) is 15.2. The number of methoxy groups -OCH3 is 1. The van der Waals surface area contributed by atoms with Crippen LogP contribution < -0.4 is 10.3 Å². The summed E-state index contributed by atoms with van der Waals surface area (Å²) in [6.45, 7) is 0.907. The van der Waals surface area contributed by atoms with Crippen molar-refractivity contribution < 1.29 is 9.53 Å². The molecule has 0 unspecified atom stereocenters. The van der Waals surface area contributed by atoms with Crippen LogP contribution in [0.4, 0.5) is 0 Å². The van der Waals surface area contributed by atoms with Crippen molar-refractivity contribution in [3.63, 3.8) is 0 Å². The van der Waals surface area contributed by atoms with Gasteiger partial charge in [0.2, 0.25) is 0 Å². The van der Waals surface area contributed by atoms with Gasteiger partial charge in [-0.1, -0.05) is 48.5 Å². The third kappa shape index (κ3) is 3.82. The number of rotatable bonds is 4. The first-order valence-electron chi connectivity index (χ1n) is 10.2. The Bertz CT molecular complexity index is 1170. The quantitative estimate of drug-likeness (QED) is 0.656. The molecule has 31 heavy (non-hydrogen) atoms. The lowest BCUT2D eigenvalue weighted by Crippen LogP contribution is -2.45. The Balaban J connectivity index is 1.62. The number of hydrogen-bond acceptors (Lipinski definition) is 4. The molecule has 0 bridgehead atoms. The Labute approximate surface area is 180 Å². The zero-order chi connectivity index (χ0) is 21.8. The van der Waals surface area contributed by atoms with Gasteiger partial charge < -0.3 is 9.64 Å². The number of piperidine rings is 1. The average Bonchev–Trinajstić information content (AvgIpc) is 2.84. The minimum absolute atomic E-state index is 0.207. The van der Waals surface area contributed by atoms with E-state index in [2.05, 4.69) is 6.07 Å². The minimum atomic E-state index is -0.592. The van der Waals surface area contributed by atoms with Crippen LogP contribution in [-0.2, 0) is 5.41 Å². The maximum absolute atomic E-state index is 13.4. The number of amides is 1. The van der Waals surface area contributed by atoms with Crippen LogP contribution in [0, 0.1) is 11.3 Å². The predicted octanol–water partition coefficient (Wildman–Crippen LogP) is 3.54. The van der Waals surface area contributed by atoms with Crippen LogP contribution in [0.5, 0.6) is 5.75 Å². The van der Waals surface area contributed by atoms with Crippen LogP contribution in [0.1, 0.15) is 28.8 Å². The summed E-state index contributed by atoms with van der Waals surface area (Å²) in [5.74, 6) is 0.0449. The summed E-state index contributed by atoms with van der Waals surface area (Å²) >= 11 is 0. The highest BCUT2D eigenvalue weighted by Gasteiger charge is 2.38. The van der Waals surface area contributed by atoms with E-state index in [0.717, 1.165) is 5.56 Å². The molecule has 0 saturated carbocycles. The van der Waals surface area contributed by atoms with Gasteiger partial charge in [0.1, 0.15) is 5.75 Å². The van der Waals surface area contributed by atoms with Gasteiger partial charge in [-0.25, -0.2) is 0 Å². The number of carbonyl (C=O) groups excluding carboxylic acids is 1. The molecule has 3 aromatic rings. The first-order chi connectivity index (χ1) is 15.1. The molecular weight excluding hydrogens is 390 g/mol. The van der Waals surface area contributed by atoms with Gasteiger partial charge in [-0.2, -0.15) is 5.26 Å². The Morgan fingerprint density at radius 1 is 1.03 bits per heavy atom. The van der Waals surface area contributed by atoms with E-state index in [-0.39, 0.29) is 17.2 Å². The van der Waals surface area contributed by atoms with Crippen molar-refractivity contribution in [2.75, 3.05) is 20.2 Å². The summed E-state index contributed by atoms with van der Waals surface area (Å²) < 4.78 is 6.79. The van der Waals surface area contributed by atoms with Crippen molar-refractivity contribution in [3.05, 3.63) is 94.4 Å². The number of pyridine rings is 1. The number of nitrogens with zero attached hydrogens (tertiary/aromatic N) is 3. The third-order valence-corrected chi connectivity index (χ3v) is 5.94. The van der Waals surface area contributed by atoms with Crippen molar-refractivity contribution in [1.29, 1.82) is 5.26 Å². The van der Waals surface area contributed by atoms with Gasteiger partial charge in [0.15, 0.2) is 0 Å². The number of nitriles is 1. The zero-order valence-electron chi connectivity index (χ0n) is 17.3. The molecule has 0 N–H and O–H groups in total. The van der Waals surface area contributed by atoms with Crippen LogP contribution in [0.25, 0.3) is 5.69 Å². The summed E-state index contributed by atoms with van der Waals surface area (Å²) in [7, 11) is 1.45. The molecule has 1 aliphatic rings. The van der Waals surface area contributed by atoms with Gasteiger partial charge in [0.25, 0.3) is 11.5 Å². The SMILES string of the molecule is COc1cc(=O)n(-c2ccccc2)cc1C(=O)N1CCC(C#N)(c2ccccc2)CC1. The molecule has 0 aliphatic carbocycles. The second kappa shape index (κ2) is 8.49. The van der Waals surface area contributed by atoms with E-state index < -0.39 is 5.41 Å². The van der Waals surface area contributed by atoms with E-state index in [9.17, 15) is 14.9 Å². The monoisotopic (exact) mass is 413 g/mol. The molecule has 6 heteroatoms. The number of likely N-dealkylation sites (tertiary alicyclic amines) is 1. The molecule has 1 fully saturated rings. The van der Waals surface area contributed by atoms with Crippen LogP contribution in [0.15, 0.2) is 77.7 Å². The predicted molar refractivity (Wildman–Crippen MR) is 117 cm³/mol. The first-order valence-corrected chi connectivity index (χ1v) is 10.2. The fourth-order valence-corrected chi connectivity index (χ4v) is 4.12. The molecule has 0 spiro atoms. The van der Waals surface area contributed by atoms with Crippen molar-refractivity contribution in [2.24, 2.45) is 0 Å². The molecule has 4 rings (SSSR count). The fourth-order valence-electron chi connectivity index (χ4n) is 4.12. The van der Waals surface area contributed by atoms with Crippen molar-refractivity contribution in [1.82, 2.24) is 9.47 Å². The Morgan fingerprint density at radius 2 is 1.65 bits per heavy atom. The summed E-state index contributed by atoms with van der Waals surface area (Å²) in [6.07, 6.45) is 2.65. The van der Waals surface area contributed by atoms with Gasteiger partial charge >= 0.3 is 0 Å². The van der Waals surface area contributed by atoms with Gasteiger partial charge in [0, 0.05) is 31.0 Å². The standard InChI is InChI=1S/C25H23N3O3/c1-31-22-16-23(29)28(20-10-6-3-7-11-20)17-21(22)24(30)27-14-12-25(18-26,13-15-27)19-8-4-2-5-9-19/h2-11,16-17H,12-15H2,1H3. The molecule has 6 nitrogen and oxygen atoms in total. The van der Waals surface area contributed by atoms with E-state index in [1.165, 1.54) is 17.7 Å². The Hall–Kier alpha value is -3.85. The van der Waals surface area contributed by atoms with Crippen LogP contribution in [-0.4, -0.2) is 35.6 Å². The Morgan fingerprint density at radius 3 is 2.23 bits per heavy atom. The molecule has 1 saturated heterocycles. The zero-order valence-corrected chi connectivity index (χ0v) is 17.3. The lowest BCUT2D eigenvalue weighted by Gasteiger charge is -2.37. The van der Waals surface area contributed by atoms with Crippen LogP contribution in [0.2, 0.25) is 0 Å².